The van der Waals surface area contributed by atoms with Crippen molar-refractivity contribution in [2.24, 2.45) is 17.4 Å². The van der Waals surface area contributed by atoms with Crippen molar-refractivity contribution in [3.05, 3.63) is 0 Å². The van der Waals surface area contributed by atoms with Crippen molar-refractivity contribution in [1.82, 2.24) is 0 Å². The fraction of sp³-hybridized carbons (Fsp3) is 1.00. The maximum Gasteiger partial charge on any atom is 0.460 e. The summed E-state index contributed by atoms with van der Waals surface area (Å²) in [6.07, 6.45) is -10.8. The summed E-state index contributed by atoms with van der Waals surface area (Å²) in [5, 5.41) is 0. The number of hydrogen-bond donors (Lipinski definition) is 2. The van der Waals surface area contributed by atoms with Crippen LogP contribution in [0.5, 0.6) is 0 Å². The van der Waals surface area contributed by atoms with Crippen molar-refractivity contribution in [3.8, 4) is 0 Å². The molecule has 0 fully saturated rings. The molecule has 3 nitrogen and oxygen atoms in total. The minimum absolute atomic E-state index is 0.183. The second-order valence-corrected chi connectivity index (χ2v) is 8.50. The van der Waals surface area contributed by atoms with Gasteiger partial charge in [0.15, 0.2) is 0 Å². The molecule has 0 spiro atoms. The molecule has 41 heavy (non-hydrogen) atoms. The number of alkyl halides is 21. The van der Waals surface area contributed by atoms with E-state index in [1.54, 1.807) is 0 Å². The summed E-state index contributed by atoms with van der Waals surface area (Å²) in [4.78, 5) is 0. The third-order valence-corrected chi connectivity index (χ3v) is 5.55. The molecular formula is C17H17F21N2O. The summed E-state index contributed by atoms with van der Waals surface area (Å²) in [6, 6.07) is -1.15. The summed E-state index contributed by atoms with van der Waals surface area (Å²) >= 11 is 0. The molecule has 248 valence electrons. The molecule has 0 aromatic carbocycles. The van der Waals surface area contributed by atoms with E-state index in [-0.39, 0.29) is 6.54 Å². The fourth-order valence-corrected chi connectivity index (χ4v) is 2.51. The van der Waals surface area contributed by atoms with Gasteiger partial charge in [0.1, 0.15) is 0 Å². The van der Waals surface area contributed by atoms with E-state index in [1.165, 1.54) is 6.92 Å². The Morgan fingerprint density at radius 1 is 0.512 bits per heavy atom. The summed E-state index contributed by atoms with van der Waals surface area (Å²) in [6.45, 7) is -1.56. The first-order valence-electron chi connectivity index (χ1n) is 10.1. The van der Waals surface area contributed by atoms with E-state index < -0.39 is 91.1 Å². The third-order valence-electron chi connectivity index (χ3n) is 5.55. The van der Waals surface area contributed by atoms with Gasteiger partial charge in [0, 0.05) is 12.5 Å². The number of nitrogens with two attached hydrogens (primary N) is 2. The van der Waals surface area contributed by atoms with E-state index >= 15 is 0 Å². The number of ether oxygens (including phenoxy) is 1. The second-order valence-electron chi connectivity index (χ2n) is 8.50. The molecule has 24 heteroatoms. The lowest BCUT2D eigenvalue weighted by atomic mass is 9.86. The minimum Gasteiger partial charge on any atom is -0.380 e. The molecule has 0 radical (unpaired) electrons. The third kappa shape index (κ3) is 5.84. The molecular weight excluding hydrogens is 647 g/mol. The first-order valence-corrected chi connectivity index (χ1v) is 10.1. The predicted octanol–water partition coefficient (Wildman–Crippen LogP) is 6.60. The van der Waals surface area contributed by atoms with Gasteiger partial charge in [-0.3, -0.25) is 0 Å². The van der Waals surface area contributed by atoms with Crippen LogP contribution in [-0.2, 0) is 4.74 Å². The second kappa shape index (κ2) is 11.2. The van der Waals surface area contributed by atoms with E-state index in [9.17, 15) is 92.2 Å². The van der Waals surface area contributed by atoms with E-state index in [1.807, 2.05) is 0 Å². The van der Waals surface area contributed by atoms with Crippen LogP contribution in [0.3, 0.4) is 0 Å². The van der Waals surface area contributed by atoms with Gasteiger partial charge in [-0.2, -0.15) is 92.2 Å². The van der Waals surface area contributed by atoms with Crippen LogP contribution in [-0.4, -0.2) is 85.3 Å². The molecule has 2 unspecified atom stereocenters. The van der Waals surface area contributed by atoms with Crippen molar-refractivity contribution < 1.29 is 96.9 Å². The van der Waals surface area contributed by atoms with E-state index in [2.05, 4.69) is 4.74 Å². The summed E-state index contributed by atoms with van der Waals surface area (Å²) < 4.78 is 283. The summed E-state index contributed by atoms with van der Waals surface area (Å²) in [7, 11) is 0. The highest BCUT2D eigenvalue weighted by atomic mass is 19.4. The molecule has 0 aliphatic carbocycles. The van der Waals surface area contributed by atoms with E-state index in [4.69, 9.17) is 11.5 Å². The average Bonchev–Trinajstić information content (AvgIpc) is 2.79. The lowest BCUT2D eigenvalue weighted by molar-refractivity contribution is -0.474. The summed E-state index contributed by atoms with van der Waals surface area (Å²) in [5.74, 6) is -77.7. The number of hydrogen-bond acceptors (Lipinski definition) is 3. The first-order chi connectivity index (χ1) is 17.6. The quantitative estimate of drug-likeness (QED) is 0.153. The van der Waals surface area contributed by atoms with Crippen LogP contribution in [0.1, 0.15) is 13.3 Å². The van der Waals surface area contributed by atoms with E-state index in [0.717, 1.165) is 0 Å². The van der Waals surface area contributed by atoms with Crippen LogP contribution in [0.15, 0.2) is 0 Å². The highest BCUT2D eigenvalue weighted by molar-refractivity contribution is 5.17. The Kier molecular flexibility index (Phi) is 10.7. The van der Waals surface area contributed by atoms with Crippen LogP contribution >= 0.6 is 0 Å². The smallest absolute Gasteiger partial charge is 0.380 e. The SMILES string of the molecule is CC(CN)C(N)COCCC(F)(F)C(F)(F)C(F)(F)C(F)(F)C(F)(F)C(F)(F)C(F)(F)C(F)(F)C(F)(F)C(F)(F)F. The topological polar surface area (TPSA) is 61.3 Å². The van der Waals surface area contributed by atoms with Gasteiger partial charge in [-0.25, -0.2) is 0 Å². The molecule has 0 amide bonds. The molecule has 2 atom stereocenters. The van der Waals surface area contributed by atoms with Crippen molar-refractivity contribution >= 4 is 0 Å². The first kappa shape index (κ1) is 39.4. The molecule has 4 N–H and O–H groups in total. The molecule has 0 aromatic rings. The monoisotopic (exact) mass is 664 g/mol. The summed E-state index contributed by atoms with van der Waals surface area (Å²) in [5.41, 5.74) is 10.5. The van der Waals surface area contributed by atoms with Crippen molar-refractivity contribution in [3.63, 3.8) is 0 Å². The van der Waals surface area contributed by atoms with Crippen molar-refractivity contribution in [2.75, 3.05) is 19.8 Å². The van der Waals surface area contributed by atoms with Crippen LogP contribution in [0.25, 0.3) is 0 Å². The van der Waals surface area contributed by atoms with E-state index in [0.29, 0.717) is 0 Å². The largest absolute Gasteiger partial charge is 0.460 e. The fourth-order valence-electron chi connectivity index (χ4n) is 2.51. The minimum atomic E-state index is -9.19. The maximum atomic E-state index is 13.8. The Morgan fingerprint density at radius 3 is 1.10 bits per heavy atom. The van der Waals surface area contributed by atoms with Gasteiger partial charge in [-0.15, -0.1) is 0 Å². The Morgan fingerprint density at radius 2 is 0.805 bits per heavy atom. The van der Waals surface area contributed by atoms with Gasteiger partial charge in [-0.1, -0.05) is 6.92 Å². The predicted molar refractivity (Wildman–Crippen MR) is 92.2 cm³/mol. The molecule has 0 saturated carbocycles. The zero-order chi connectivity index (χ0) is 33.7. The van der Waals surface area contributed by atoms with Gasteiger partial charge >= 0.3 is 59.5 Å². The highest BCUT2D eigenvalue weighted by Crippen LogP contribution is 2.66. The lowest BCUT2D eigenvalue weighted by Gasteiger charge is -2.44. The normalized spacial score (nSPS) is 17.6. The highest BCUT2D eigenvalue weighted by Gasteiger charge is 2.97. The van der Waals surface area contributed by atoms with Crippen molar-refractivity contribution in [2.45, 2.75) is 78.9 Å². The Labute approximate surface area is 214 Å². The average molecular weight is 664 g/mol. The molecule has 0 saturated heterocycles. The van der Waals surface area contributed by atoms with Crippen LogP contribution in [0, 0.1) is 5.92 Å². The zero-order valence-electron chi connectivity index (χ0n) is 19.5. The van der Waals surface area contributed by atoms with Gasteiger partial charge in [0.05, 0.1) is 13.2 Å². The molecule has 0 bridgehead atoms. The van der Waals surface area contributed by atoms with Crippen LogP contribution < -0.4 is 11.5 Å². The number of rotatable bonds is 15. The molecule has 0 aromatic heterocycles. The van der Waals surface area contributed by atoms with Gasteiger partial charge in [-0.05, 0) is 12.5 Å². The van der Waals surface area contributed by atoms with Gasteiger partial charge in [0.2, 0.25) is 0 Å². The van der Waals surface area contributed by atoms with Crippen molar-refractivity contribution in [1.29, 1.82) is 0 Å². The Hall–Kier alpha value is -1.59. The molecule has 0 heterocycles. The molecule has 0 rings (SSSR count). The van der Waals surface area contributed by atoms with Gasteiger partial charge in [0.25, 0.3) is 0 Å². The number of halogens is 21. The molecule has 0 aliphatic rings. The van der Waals surface area contributed by atoms with Crippen LogP contribution in [0.2, 0.25) is 0 Å². The Balaban J connectivity index is 6.54. The molecule has 0 aliphatic heterocycles. The standard InChI is InChI=1S/C17H17F21N2O/c1-6(4-39)7(40)5-41-3-2-8(18,19)9(20,21)10(22,23)11(24,25)12(26,27)13(28,29)14(30,31)15(32,33)16(34,35)17(36,37)38/h6-7H,2-5,39-40H2,1H3. The van der Waals surface area contributed by atoms with Crippen LogP contribution in [0.4, 0.5) is 92.2 Å². The Bertz CT molecular complexity index is 884. The maximum absolute atomic E-state index is 13.8. The lowest BCUT2D eigenvalue weighted by Crippen LogP contribution is -2.76. The zero-order valence-corrected chi connectivity index (χ0v) is 19.5. The van der Waals surface area contributed by atoms with Gasteiger partial charge < -0.3 is 16.2 Å².